The number of ketones is 1. The fourth-order valence-corrected chi connectivity index (χ4v) is 1.40. The predicted molar refractivity (Wildman–Crippen MR) is 52.8 cm³/mol. The van der Waals surface area contributed by atoms with Crippen molar-refractivity contribution in [1.29, 1.82) is 0 Å². The highest BCUT2D eigenvalue weighted by Gasteiger charge is 2.12. The SMILES string of the molecule is CC(=O)c1cc(OC(F)F)cc(Cl)c1C. The maximum Gasteiger partial charge on any atom is 0.387 e. The summed E-state index contributed by atoms with van der Waals surface area (Å²) in [5.74, 6) is -0.347. The first-order valence-electron chi connectivity index (χ1n) is 4.17. The van der Waals surface area contributed by atoms with Crippen LogP contribution in [0.25, 0.3) is 0 Å². The molecular formula is C10H9ClF2O2. The molecular weight excluding hydrogens is 226 g/mol. The molecule has 0 saturated heterocycles. The van der Waals surface area contributed by atoms with Crippen molar-refractivity contribution in [3.63, 3.8) is 0 Å². The average Bonchev–Trinajstić information content (AvgIpc) is 2.09. The quantitative estimate of drug-likeness (QED) is 0.749. The van der Waals surface area contributed by atoms with Crippen molar-refractivity contribution in [2.24, 2.45) is 0 Å². The first-order chi connectivity index (χ1) is 6.91. The zero-order valence-electron chi connectivity index (χ0n) is 8.18. The lowest BCUT2D eigenvalue weighted by Gasteiger charge is -2.09. The molecule has 0 aliphatic rings. The molecule has 82 valence electrons. The van der Waals surface area contributed by atoms with Gasteiger partial charge >= 0.3 is 6.61 Å². The van der Waals surface area contributed by atoms with Gasteiger partial charge in [-0.2, -0.15) is 8.78 Å². The molecule has 0 spiro atoms. The van der Waals surface area contributed by atoms with Gasteiger partial charge in [0.05, 0.1) is 0 Å². The maximum atomic E-state index is 11.9. The molecule has 0 N–H and O–H groups in total. The zero-order valence-corrected chi connectivity index (χ0v) is 8.94. The molecule has 0 fully saturated rings. The standard InChI is InChI=1S/C10H9ClF2O2/c1-5-8(6(2)14)3-7(4-9(5)11)15-10(12)13/h3-4,10H,1-2H3. The molecule has 1 rings (SSSR count). The van der Waals surface area contributed by atoms with E-state index in [1.54, 1.807) is 6.92 Å². The Bertz CT molecular complexity index is 391. The smallest absolute Gasteiger partial charge is 0.387 e. The van der Waals surface area contributed by atoms with Gasteiger partial charge in [-0.15, -0.1) is 0 Å². The van der Waals surface area contributed by atoms with E-state index in [-0.39, 0.29) is 22.1 Å². The maximum absolute atomic E-state index is 11.9. The highest BCUT2D eigenvalue weighted by Crippen LogP contribution is 2.27. The summed E-state index contributed by atoms with van der Waals surface area (Å²) in [5, 5.41) is 0.235. The van der Waals surface area contributed by atoms with E-state index in [1.807, 2.05) is 0 Å². The molecule has 0 heterocycles. The van der Waals surface area contributed by atoms with Crippen LogP contribution in [-0.4, -0.2) is 12.4 Å². The molecule has 0 aliphatic heterocycles. The number of hydrogen-bond acceptors (Lipinski definition) is 2. The molecule has 0 bridgehead atoms. The Morgan fingerprint density at radius 1 is 1.47 bits per heavy atom. The molecule has 0 aromatic heterocycles. The third-order valence-electron chi connectivity index (χ3n) is 1.92. The summed E-state index contributed by atoms with van der Waals surface area (Å²) >= 11 is 5.77. The van der Waals surface area contributed by atoms with Crippen LogP contribution in [0.5, 0.6) is 5.75 Å². The lowest BCUT2D eigenvalue weighted by atomic mass is 10.1. The van der Waals surface area contributed by atoms with Gasteiger partial charge in [0.25, 0.3) is 0 Å². The van der Waals surface area contributed by atoms with Gasteiger partial charge in [0, 0.05) is 10.6 Å². The van der Waals surface area contributed by atoms with Crippen LogP contribution >= 0.6 is 11.6 Å². The van der Waals surface area contributed by atoms with Crippen molar-refractivity contribution in [3.05, 3.63) is 28.3 Å². The molecule has 0 atom stereocenters. The van der Waals surface area contributed by atoms with Gasteiger partial charge in [-0.25, -0.2) is 0 Å². The monoisotopic (exact) mass is 234 g/mol. The minimum Gasteiger partial charge on any atom is -0.435 e. The second kappa shape index (κ2) is 4.57. The lowest BCUT2D eigenvalue weighted by Crippen LogP contribution is -2.04. The molecule has 0 radical (unpaired) electrons. The Kier molecular flexibility index (Phi) is 3.63. The minimum absolute atomic E-state index is 0.106. The number of hydrogen-bond donors (Lipinski definition) is 0. The van der Waals surface area contributed by atoms with Gasteiger partial charge in [0.15, 0.2) is 5.78 Å². The summed E-state index contributed by atoms with van der Waals surface area (Å²) in [6.45, 7) is 0.0549. The summed E-state index contributed by atoms with van der Waals surface area (Å²) in [6.07, 6.45) is 0. The molecule has 1 aromatic rings. The third-order valence-corrected chi connectivity index (χ3v) is 2.31. The number of rotatable bonds is 3. The molecule has 0 aliphatic carbocycles. The van der Waals surface area contributed by atoms with Crippen LogP contribution in [0, 0.1) is 6.92 Å². The second-order valence-electron chi connectivity index (χ2n) is 3.01. The summed E-state index contributed by atoms with van der Waals surface area (Å²) in [5.41, 5.74) is 0.851. The van der Waals surface area contributed by atoms with Crippen molar-refractivity contribution < 1.29 is 18.3 Å². The minimum atomic E-state index is -2.93. The van der Waals surface area contributed by atoms with E-state index in [0.29, 0.717) is 5.56 Å². The van der Waals surface area contributed by atoms with Crippen LogP contribution in [0.2, 0.25) is 5.02 Å². The van der Waals surface area contributed by atoms with Crippen LogP contribution in [0.15, 0.2) is 12.1 Å². The predicted octanol–water partition coefficient (Wildman–Crippen LogP) is 3.45. The Morgan fingerprint density at radius 2 is 2.07 bits per heavy atom. The van der Waals surface area contributed by atoms with Gasteiger partial charge in [-0.05, 0) is 31.5 Å². The van der Waals surface area contributed by atoms with E-state index in [9.17, 15) is 13.6 Å². The summed E-state index contributed by atoms with van der Waals surface area (Å²) in [7, 11) is 0. The number of ether oxygens (including phenoxy) is 1. The van der Waals surface area contributed by atoms with Crippen molar-refractivity contribution in [1.82, 2.24) is 0 Å². The van der Waals surface area contributed by atoms with Crippen molar-refractivity contribution in [2.45, 2.75) is 20.5 Å². The first-order valence-corrected chi connectivity index (χ1v) is 4.55. The van der Waals surface area contributed by atoms with Gasteiger partial charge in [-0.1, -0.05) is 11.6 Å². The van der Waals surface area contributed by atoms with Gasteiger partial charge in [0.2, 0.25) is 0 Å². The summed E-state index contributed by atoms with van der Waals surface area (Å²) in [4.78, 5) is 11.2. The van der Waals surface area contributed by atoms with Crippen LogP contribution in [0.3, 0.4) is 0 Å². The highest BCUT2D eigenvalue weighted by atomic mass is 35.5. The first kappa shape index (κ1) is 11.9. The molecule has 15 heavy (non-hydrogen) atoms. The lowest BCUT2D eigenvalue weighted by molar-refractivity contribution is -0.0498. The Labute approximate surface area is 90.8 Å². The van der Waals surface area contributed by atoms with E-state index in [1.165, 1.54) is 19.1 Å². The second-order valence-corrected chi connectivity index (χ2v) is 3.42. The van der Waals surface area contributed by atoms with Gasteiger partial charge in [-0.3, -0.25) is 4.79 Å². The molecule has 0 unspecified atom stereocenters. The number of alkyl halides is 2. The Hall–Kier alpha value is -1.16. The fraction of sp³-hybridized carbons (Fsp3) is 0.300. The van der Waals surface area contributed by atoms with Gasteiger partial charge in [0.1, 0.15) is 5.75 Å². The van der Waals surface area contributed by atoms with Crippen molar-refractivity contribution >= 4 is 17.4 Å². The van der Waals surface area contributed by atoms with E-state index < -0.39 is 6.61 Å². The molecule has 2 nitrogen and oxygen atoms in total. The van der Waals surface area contributed by atoms with Crippen LogP contribution < -0.4 is 4.74 Å². The number of halogens is 3. The van der Waals surface area contributed by atoms with Crippen molar-refractivity contribution in [3.8, 4) is 5.75 Å². The topological polar surface area (TPSA) is 26.3 Å². The van der Waals surface area contributed by atoms with Gasteiger partial charge < -0.3 is 4.74 Å². The number of Topliss-reactive ketones (excluding diaryl/α,β-unsaturated/α-hetero) is 1. The van der Waals surface area contributed by atoms with E-state index in [4.69, 9.17) is 11.6 Å². The fourth-order valence-electron chi connectivity index (χ4n) is 1.19. The van der Waals surface area contributed by atoms with Crippen LogP contribution in [-0.2, 0) is 0 Å². The molecule has 5 heteroatoms. The van der Waals surface area contributed by atoms with E-state index >= 15 is 0 Å². The molecule has 1 aromatic carbocycles. The average molecular weight is 235 g/mol. The van der Waals surface area contributed by atoms with Crippen molar-refractivity contribution in [2.75, 3.05) is 0 Å². The number of benzene rings is 1. The normalized spacial score (nSPS) is 10.5. The van der Waals surface area contributed by atoms with E-state index in [0.717, 1.165) is 0 Å². The summed E-state index contributed by atoms with van der Waals surface area (Å²) < 4.78 is 28.0. The third kappa shape index (κ3) is 2.89. The zero-order chi connectivity index (χ0) is 11.6. The van der Waals surface area contributed by atoms with Crippen LogP contribution in [0.4, 0.5) is 8.78 Å². The Balaban J connectivity index is 3.17. The molecule has 0 saturated carbocycles. The van der Waals surface area contributed by atoms with E-state index in [2.05, 4.69) is 4.74 Å². The largest absolute Gasteiger partial charge is 0.435 e. The molecule has 0 amide bonds. The number of carbonyl (C=O) groups is 1. The van der Waals surface area contributed by atoms with Crippen LogP contribution in [0.1, 0.15) is 22.8 Å². The number of carbonyl (C=O) groups excluding carboxylic acids is 1. The Morgan fingerprint density at radius 3 is 2.53 bits per heavy atom. The highest BCUT2D eigenvalue weighted by molar-refractivity contribution is 6.32. The summed E-state index contributed by atoms with van der Waals surface area (Å²) in [6, 6.07) is 2.52.